The summed E-state index contributed by atoms with van der Waals surface area (Å²) in [5, 5.41) is 15.2. The molecule has 1 unspecified atom stereocenters. The van der Waals surface area contributed by atoms with Crippen LogP contribution in [-0.2, 0) is 9.59 Å². The molecule has 1 aromatic carbocycles. The number of benzene rings is 1. The minimum atomic E-state index is -0.987. The Morgan fingerprint density at radius 3 is 2.52 bits per heavy atom. The first kappa shape index (κ1) is 18.5. The Labute approximate surface area is 145 Å². The van der Waals surface area contributed by atoms with Gasteiger partial charge in [0.2, 0.25) is 5.91 Å². The number of aliphatic carboxylic acids is 1. The maximum absolute atomic E-state index is 12.2. The molecule has 0 fully saturated rings. The van der Waals surface area contributed by atoms with Crippen LogP contribution in [-0.4, -0.2) is 40.0 Å². The van der Waals surface area contributed by atoms with E-state index in [0.29, 0.717) is 5.69 Å². The van der Waals surface area contributed by atoms with E-state index in [-0.39, 0.29) is 18.9 Å². The highest BCUT2D eigenvalue weighted by Gasteiger charge is 2.32. The van der Waals surface area contributed by atoms with Crippen molar-refractivity contribution in [1.82, 2.24) is 15.6 Å². The summed E-state index contributed by atoms with van der Waals surface area (Å²) in [6.45, 7) is 5.14. The topological polar surface area (TPSA) is 111 Å². The molecule has 0 spiro atoms. The van der Waals surface area contributed by atoms with E-state index in [1.165, 1.54) is 0 Å². The van der Waals surface area contributed by atoms with Crippen LogP contribution < -0.4 is 10.6 Å². The molecule has 4 N–H and O–H groups in total. The molecular weight excluding hydrogens is 322 g/mol. The van der Waals surface area contributed by atoms with E-state index in [1.54, 1.807) is 13.0 Å². The standard InChI is InChI=1S/C18H23N3O4/c1-11(2)18(3,9-16(23)24)21-15(22)10-19-17(25)14-8-12-6-4-5-7-13(12)20-14/h4-8,11,20H,9-10H2,1-3H3,(H,19,25)(H,21,22)(H,23,24). The fourth-order valence-electron chi connectivity index (χ4n) is 2.52. The highest BCUT2D eigenvalue weighted by atomic mass is 16.4. The van der Waals surface area contributed by atoms with Gasteiger partial charge < -0.3 is 20.7 Å². The van der Waals surface area contributed by atoms with Gasteiger partial charge in [-0.1, -0.05) is 32.0 Å². The van der Waals surface area contributed by atoms with Crippen molar-refractivity contribution in [2.24, 2.45) is 5.92 Å². The Morgan fingerprint density at radius 2 is 1.92 bits per heavy atom. The first-order valence-electron chi connectivity index (χ1n) is 8.10. The third-order valence-corrected chi connectivity index (χ3v) is 4.40. The summed E-state index contributed by atoms with van der Waals surface area (Å²) >= 11 is 0. The van der Waals surface area contributed by atoms with Gasteiger partial charge in [-0.25, -0.2) is 0 Å². The Kier molecular flexibility index (Phi) is 5.46. The predicted octanol–water partition coefficient (Wildman–Crippen LogP) is 1.90. The van der Waals surface area contributed by atoms with Crippen LogP contribution in [0, 0.1) is 5.92 Å². The van der Waals surface area contributed by atoms with E-state index in [1.807, 2.05) is 38.1 Å². The molecule has 7 heteroatoms. The lowest BCUT2D eigenvalue weighted by molar-refractivity contribution is -0.139. The van der Waals surface area contributed by atoms with Gasteiger partial charge in [0.15, 0.2) is 0 Å². The van der Waals surface area contributed by atoms with E-state index in [9.17, 15) is 14.4 Å². The van der Waals surface area contributed by atoms with Gasteiger partial charge in [-0.3, -0.25) is 14.4 Å². The molecule has 25 heavy (non-hydrogen) atoms. The van der Waals surface area contributed by atoms with Crippen LogP contribution in [0.5, 0.6) is 0 Å². The second kappa shape index (κ2) is 7.38. The zero-order chi connectivity index (χ0) is 18.6. The van der Waals surface area contributed by atoms with Gasteiger partial charge in [0.25, 0.3) is 5.91 Å². The molecule has 7 nitrogen and oxygen atoms in total. The molecule has 0 bridgehead atoms. The van der Waals surface area contributed by atoms with Gasteiger partial charge in [0.1, 0.15) is 5.69 Å². The maximum atomic E-state index is 12.2. The zero-order valence-electron chi connectivity index (χ0n) is 14.6. The van der Waals surface area contributed by atoms with Crippen molar-refractivity contribution in [2.75, 3.05) is 6.54 Å². The van der Waals surface area contributed by atoms with Crippen LogP contribution >= 0.6 is 0 Å². The number of aromatic nitrogens is 1. The van der Waals surface area contributed by atoms with Crippen LogP contribution in [0.4, 0.5) is 0 Å². The number of nitrogens with one attached hydrogen (secondary N) is 3. The van der Waals surface area contributed by atoms with Crippen molar-refractivity contribution in [1.29, 1.82) is 0 Å². The molecule has 0 saturated carbocycles. The van der Waals surface area contributed by atoms with Crippen LogP contribution in [0.15, 0.2) is 30.3 Å². The van der Waals surface area contributed by atoms with Gasteiger partial charge in [0.05, 0.1) is 18.5 Å². The monoisotopic (exact) mass is 345 g/mol. The number of rotatable bonds is 7. The van der Waals surface area contributed by atoms with Crippen LogP contribution in [0.1, 0.15) is 37.7 Å². The molecular formula is C18H23N3O4. The number of carbonyl (C=O) groups is 3. The third-order valence-electron chi connectivity index (χ3n) is 4.40. The number of carboxylic acid groups (broad SMARTS) is 1. The number of H-pyrrole nitrogens is 1. The molecule has 2 amide bonds. The number of hydrogen-bond donors (Lipinski definition) is 4. The summed E-state index contributed by atoms with van der Waals surface area (Å²) in [4.78, 5) is 38.3. The number of fused-ring (bicyclic) bond motifs is 1. The first-order valence-corrected chi connectivity index (χ1v) is 8.10. The van der Waals surface area contributed by atoms with Gasteiger partial charge in [-0.2, -0.15) is 0 Å². The lowest BCUT2D eigenvalue weighted by Crippen LogP contribution is -2.53. The lowest BCUT2D eigenvalue weighted by atomic mass is 9.85. The average molecular weight is 345 g/mol. The maximum Gasteiger partial charge on any atom is 0.305 e. The van der Waals surface area contributed by atoms with Gasteiger partial charge in [-0.15, -0.1) is 0 Å². The number of amides is 2. The van der Waals surface area contributed by atoms with E-state index in [0.717, 1.165) is 10.9 Å². The largest absolute Gasteiger partial charge is 0.481 e. The summed E-state index contributed by atoms with van der Waals surface area (Å²) in [5.74, 6) is -1.88. The Hall–Kier alpha value is -2.83. The van der Waals surface area contributed by atoms with Gasteiger partial charge in [0, 0.05) is 10.9 Å². The molecule has 0 saturated heterocycles. The van der Waals surface area contributed by atoms with E-state index >= 15 is 0 Å². The number of carbonyl (C=O) groups excluding carboxylic acids is 2. The summed E-state index contributed by atoms with van der Waals surface area (Å²) in [7, 11) is 0. The molecule has 0 aliphatic carbocycles. The summed E-state index contributed by atoms with van der Waals surface area (Å²) < 4.78 is 0. The zero-order valence-corrected chi connectivity index (χ0v) is 14.6. The summed E-state index contributed by atoms with van der Waals surface area (Å²) in [6.07, 6.45) is -0.188. The lowest BCUT2D eigenvalue weighted by Gasteiger charge is -2.33. The van der Waals surface area contributed by atoms with Crippen molar-refractivity contribution in [3.63, 3.8) is 0 Å². The highest BCUT2D eigenvalue weighted by Crippen LogP contribution is 2.20. The number of carboxylic acids is 1. The molecule has 0 aliphatic heterocycles. The number of aromatic amines is 1. The van der Waals surface area contributed by atoms with E-state index in [4.69, 9.17) is 5.11 Å². The number of para-hydroxylation sites is 1. The molecule has 134 valence electrons. The molecule has 0 radical (unpaired) electrons. The second-order valence-corrected chi connectivity index (χ2v) is 6.64. The minimum Gasteiger partial charge on any atom is -0.481 e. The molecule has 1 aromatic heterocycles. The molecule has 1 heterocycles. The molecule has 2 rings (SSSR count). The predicted molar refractivity (Wildman–Crippen MR) is 94.3 cm³/mol. The van der Waals surface area contributed by atoms with Crippen molar-refractivity contribution in [3.05, 3.63) is 36.0 Å². The van der Waals surface area contributed by atoms with Crippen LogP contribution in [0.3, 0.4) is 0 Å². The molecule has 1 atom stereocenters. The van der Waals surface area contributed by atoms with Crippen molar-refractivity contribution < 1.29 is 19.5 Å². The number of hydrogen-bond acceptors (Lipinski definition) is 3. The fraction of sp³-hybridized carbons (Fsp3) is 0.389. The summed E-state index contributed by atoms with van der Waals surface area (Å²) in [6, 6.07) is 9.20. The SMILES string of the molecule is CC(C)C(C)(CC(=O)O)NC(=O)CNC(=O)c1cc2ccccc2[nH]1. The van der Waals surface area contributed by atoms with E-state index < -0.39 is 23.3 Å². The molecule has 2 aromatic rings. The van der Waals surface area contributed by atoms with Crippen LogP contribution in [0.25, 0.3) is 10.9 Å². The highest BCUT2D eigenvalue weighted by molar-refractivity contribution is 5.99. The van der Waals surface area contributed by atoms with Crippen LogP contribution in [0.2, 0.25) is 0 Å². The second-order valence-electron chi connectivity index (χ2n) is 6.64. The Morgan fingerprint density at radius 1 is 1.24 bits per heavy atom. The van der Waals surface area contributed by atoms with Crippen molar-refractivity contribution >= 4 is 28.7 Å². The summed E-state index contributed by atoms with van der Waals surface area (Å²) in [5.41, 5.74) is 0.325. The minimum absolute atomic E-state index is 0.0723. The smallest absolute Gasteiger partial charge is 0.305 e. The van der Waals surface area contributed by atoms with Crippen molar-refractivity contribution in [2.45, 2.75) is 32.7 Å². The third kappa shape index (κ3) is 4.59. The van der Waals surface area contributed by atoms with Gasteiger partial charge >= 0.3 is 5.97 Å². The normalized spacial score (nSPS) is 13.4. The Bertz CT molecular complexity index is 763. The quantitative estimate of drug-likeness (QED) is 0.614. The van der Waals surface area contributed by atoms with Gasteiger partial charge in [-0.05, 0) is 25.0 Å². The van der Waals surface area contributed by atoms with E-state index in [2.05, 4.69) is 15.6 Å². The molecule has 0 aliphatic rings. The fourth-order valence-corrected chi connectivity index (χ4v) is 2.52. The first-order chi connectivity index (χ1) is 11.7. The van der Waals surface area contributed by atoms with Crippen molar-refractivity contribution in [3.8, 4) is 0 Å². The average Bonchev–Trinajstić information content (AvgIpc) is 2.95. The Balaban J connectivity index is 1.96.